The largest absolute Gasteiger partial charge is 0.506 e. The van der Waals surface area contributed by atoms with Gasteiger partial charge in [-0.3, -0.25) is 4.79 Å². The topological polar surface area (TPSA) is 96.1 Å². The second-order valence-electron chi connectivity index (χ2n) is 4.52. The van der Waals surface area contributed by atoms with Crippen molar-refractivity contribution in [1.82, 2.24) is 9.80 Å². The van der Waals surface area contributed by atoms with E-state index in [0.717, 1.165) is 0 Å². The van der Waals surface area contributed by atoms with E-state index in [1.54, 1.807) is 15.9 Å². The number of nitrogens with two attached hydrogens (primary N) is 1. The highest BCUT2D eigenvalue weighted by molar-refractivity contribution is 5.95. The van der Waals surface area contributed by atoms with Crippen LogP contribution in [0.15, 0.2) is 18.2 Å². The van der Waals surface area contributed by atoms with E-state index in [9.17, 15) is 14.7 Å². The molecule has 0 bridgehead atoms. The predicted molar refractivity (Wildman–Crippen MR) is 72.4 cm³/mol. The highest BCUT2D eigenvalue weighted by atomic mass is 16.5. The molecule has 2 rings (SSSR count). The first-order chi connectivity index (χ1) is 9.52. The third kappa shape index (κ3) is 2.76. The first-order valence-corrected chi connectivity index (χ1v) is 6.23. The Labute approximate surface area is 116 Å². The lowest BCUT2D eigenvalue weighted by Crippen LogP contribution is -2.50. The number of carbonyl (C=O) groups excluding carboxylic acids is 2. The second kappa shape index (κ2) is 5.68. The smallest absolute Gasteiger partial charge is 0.409 e. The Morgan fingerprint density at radius 2 is 1.80 bits per heavy atom. The maximum absolute atomic E-state index is 12.2. The van der Waals surface area contributed by atoms with E-state index in [2.05, 4.69) is 4.74 Å². The lowest BCUT2D eigenvalue weighted by molar-refractivity contribution is 0.0599. The van der Waals surface area contributed by atoms with Crippen LogP contribution in [0.3, 0.4) is 0 Å². The van der Waals surface area contributed by atoms with Gasteiger partial charge in [-0.25, -0.2) is 4.79 Å². The number of phenolic OH excluding ortho intramolecular Hbond substituents is 1. The number of piperazine rings is 1. The van der Waals surface area contributed by atoms with E-state index in [1.165, 1.54) is 19.2 Å². The normalized spacial score (nSPS) is 15.1. The molecule has 0 aromatic heterocycles. The minimum atomic E-state index is -0.387. The number of rotatable bonds is 1. The highest BCUT2D eigenvalue weighted by Gasteiger charge is 2.25. The number of ether oxygens (including phenoxy) is 1. The van der Waals surface area contributed by atoms with Gasteiger partial charge >= 0.3 is 6.09 Å². The third-order valence-corrected chi connectivity index (χ3v) is 3.28. The van der Waals surface area contributed by atoms with Crippen molar-refractivity contribution >= 4 is 17.7 Å². The van der Waals surface area contributed by atoms with Crippen LogP contribution in [0.1, 0.15) is 10.4 Å². The van der Waals surface area contributed by atoms with Crippen LogP contribution >= 0.6 is 0 Å². The summed E-state index contributed by atoms with van der Waals surface area (Å²) in [4.78, 5) is 26.8. The zero-order chi connectivity index (χ0) is 14.7. The molecule has 1 aromatic carbocycles. The van der Waals surface area contributed by atoms with Gasteiger partial charge in [-0.1, -0.05) is 0 Å². The van der Waals surface area contributed by atoms with Crippen molar-refractivity contribution in [2.24, 2.45) is 0 Å². The number of hydrogen-bond donors (Lipinski definition) is 2. The fraction of sp³-hybridized carbons (Fsp3) is 0.385. The van der Waals surface area contributed by atoms with Crippen molar-refractivity contribution in [3.05, 3.63) is 23.8 Å². The van der Waals surface area contributed by atoms with Gasteiger partial charge in [-0.15, -0.1) is 0 Å². The number of phenols is 1. The maximum atomic E-state index is 12.2. The summed E-state index contributed by atoms with van der Waals surface area (Å²) in [5.41, 5.74) is 6.11. The van der Waals surface area contributed by atoms with Crippen LogP contribution in [0, 0.1) is 0 Å². The monoisotopic (exact) mass is 279 g/mol. The summed E-state index contributed by atoms with van der Waals surface area (Å²) in [6.07, 6.45) is -0.387. The van der Waals surface area contributed by atoms with E-state index in [4.69, 9.17) is 5.73 Å². The zero-order valence-electron chi connectivity index (χ0n) is 11.2. The Balaban J connectivity index is 2.01. The van der Waals surface area contributed by atoms with Crippen LogP contribution in [0.25, 0.3) is 0 Å². The Bertz CT molecular complexity index is 524. The predicted octanol–water partition coefficient (Wildman–Crippen LogP) is 0.499. The molecule has 7 heteroatoms. The first-order valence-electron chi connectivity index (χ1n) is 6.23. The van der Waals surface area contributed by atoms with E-state index in [1.807, 2.05) is 0 Å². The number of anilines is 1. The molecule has 1 saturated heterocycles. The van der Waals surface area contributed by atoms with Crippen LogP contribution in [0.2, 0.25) is 0 Å². The van der Waals surface area contributed by atoms with Crippen LogP contribution < -0.4 is 5.73 Å². The van der Waals surface area contributed by atoms with E-state index < -0.39 is 0 Å². The number of amides is 2. The minimum absolute atomic E-state index is 0.107. The van der Waals surface area contributed by atoms with Crippen LogP contribution in [0.5, 0.6) is 5.75 Å². The Morgan fingerprint density at radius 1 is 1.20 bits per heavy atom. The van der Waals surface area contributed by atoms with Crippen molar-refractivity contribution in [2.45, 2.75) is 0 Å². The molecule has 1 aliphatic heterocycles. The Hall–Kier alpha value is -2.44. The number of nitrogen functional groups attached to an aromatic ring is 1. The number of benzene rings is 1. The molecule has 0 unspecified atom stereocenters. The fourth-order valence-corrected chi connectivity index (χ4v) is 2.08. The molecule has 3 N–H and O–H groups in total. The minimum Gasteiger partial charge on any atom is -0.506 e. The number of methoxy groups -OCH3 is 1. The molecule has 0 saturated carbocycles. The summed E-state index contributed by atoms with van der Waals surface area (Å²) in [6, 6.07) is 4.42. The van der Waals surface area contributed by atoms with Gasteiger partial charge in [0, 0.05) is 31.7 Å². The SMILES string of the molecule is COC(=O)N1CCN(C(=O)c2ccc(N)c(O)c2)CC1. The lowest BCUT2D eigenvalue weighted by atomic mass is 10.1. The van der Waals surface area contributed by atoms with Gasteiger partial charge in [0.1, 0.15) is 5.75 Å². The molecule has 0 aliphatic carbocycles. The lowest BCUT2D eigenvalue weighted by Gasteiger charge is -2.33. The molecule has 1 fully saturated rings. The molecule has 7 nitrogen and oxygen atoms in total. The Kier molecular flexibility index (Phi) is 3.97. The molecule has 108 valence electrons. The van der Waals surface area contributed by atoms with E-state index in [0.29, 0.717) is 31.7 Å². The Morgan fingerprint density at radius 3 is 2.35 bits per heavy atom. The van der Waals surface area contributed by atoms with Crippen molar-refractivity contribution < 1.29 is 19.4 Å². The molecular weight excluding hydrogens is 262 g/mol. The maximum Gasteiger partial charge on any atom is 0.409 e. The van der Waals surface area contributed by atoms with Crippen molar-refractivity contribution in [3.8, 4) is 5.75 Å². The van der Waals surface area contributed by atoms with Crippen LogP contribution in [0.4, 0.5) is 10.5 Å². The van der Waals surface area contributed by atoms with Crippen LogP contribution in [-0.2, 0) is 4.74 Å². The van der Waals surface area contributed by atoms with Gasteiger partial charge in [0.2, 0.25) is 0 Å². The number of hydrogen-bond acceptors (Lipinski definition) is 5. The quantitative estimate of drug-likeness (QED) is 0.576. The number of carbonyl (C=O) groups is 2. The van der Waals surface area contributed by atoms with Crippen molar-refractivity contribution in [1.29, 1.82) is 0 Å². The summed E-state index contributed by atoms with van der Waals surface area (Å²) in [6.45, 7) is 1.72. The highest BCUT2D eigenvalue weighted by Crippen LogP contribution is 2.21. The summed E-state index contributed by atoms with van der Waals surface area (Å²) in [5.74, 6) is -0.297. The van der Waals surface area contributed by atoms with Gasteiger partial charge in [-0.2, -0.15) is 0 Å². The van der Waals surface area contributed by atoms with E-state index in [-0.39, 0.29) is 23.4 Å². The van der Waals surface area contributed by atoms with Gasteiger partial charge in [0.05, 0.1) is 12.8 Å². The molecule has 1 heterocycles. The third-order valence-electron chi connectivity index (χ3n) is 3.28. The number of aromatic hydroxyl groups is 1. The second-order valence-corrected chi connectivity index (χ2v) is 4.52. The molecule has 0 atom stereocenters. The fourth-order valence-electron chi connectivity index (χ4n) is 2.08. The van der Waals surface area contributed by atoms with Gasteiger partial charge in [0.25, 0.3) is 5.91 Å². The number of nitrogens with zero attached hydrogens (tertiary/aromatic N) is 2. The molecule has 2 amide bonds. The zero-order valence-corrected chi connectivity index (χ0v) is 11.2. The van der Waals surface area contributed by atoms with Crippen molar-refractivity contribution in [3.63, 3.8) is 0 Å². The summed E-state index contributed by atoms with van der Waals surface area (Å²) in [5, 5.41) is 9.53. The molecule has 1 aromatic rings. The van der Waals surface area contributed by atoms with Gasteiger partial charge < -0.3 is 25.4 Å². The molecule has 0 spiro atoms. The molecule has 20 heavy (non-hydrogen) atoms. The van der Waals surface area contributed by atoms with Crippen molar-refractivity contribution in [2.75, 3.05) is 39.0 Å². The molecule has 1 aliphatic rings. The average Bonchev–Trinajstić information content (AvgIpc) is 2.48. The van der Waals surface area contributed by atoms with Gasteiger partial charge in [-0.05, 0) is 18.2 Å². The van der Waals surface area contributed by atoms with E-state index >= 15 is 0 Å². The van der Waals surface area contributed by atoms with Crippen LogP contribution in [-0.4, -0.2) is 60.2 Å². The summed E-state index contributed by atoms with van der Waals surface area (Å²) >= 11 is 0. The molecule has 0 radical (unpaired) electrons. The first kappa shape index (κ1) is 14.0. The average molecular weight is 279 g/mol. The summed E-state index contributed by atoms with van der Waals surface area (Å²) in [7, 11) is 1.33. The van der Waals surface area contributed by atoms with Gasteiger partial charge in [0.15, 0.2) is 0 Å². The molecular formula is C13H17N3O4. The standard InChI is InChI=1S/C13H17N3O4/c1-20-13(19)16-6-4-15(5-7-16)12(18)9-2-3-10(14)11(17)8-9/h2-3,8,17H,4-7,14H2,1H3. The summed E-state index contributed by atoms with van der Waals surface area (Å²) < 4.78 is 4.64.